The maximum atomic E-state index is 13.6. The number of rotatable bonds is 11. The van der Waals surface area contributed by atoms with Gasteiger partial charge in [-0.25, -0.2) is 16.8 Å². The van der Waals surface area contributed by atoms with Gasteiger partial charge in [-0.3, -0.25) is 9.59 Å². The lowest BCUT2D eigenvalue weighted by atomic mass is 10.1. The summed E-state index contributed by atoms with van der Waals surface area (Å²) < 4.78 is 73.5. The molecule has 0 amide bonds. The van der Waals surface area contributed by atoms with E-state index in [1.54, 1.807) is 95.5 Å². The molecule has 0 unspecified atom stereocenters. The van der Waals surface area contributed by atoms with E-state index < -0.39 is 31.2 Å². The number of aryl methyl sites for hydroxylation is 1. The van der Waals surface area contributed by atoms with Gasteiger partial charge in [0.2, 0.25) is 31.5 Å². The molecule has 2 fully saturated rings. The molecule has 25 heteroatoms. The molecule has 11 rings (SSSR count). The fraction of sp³-hybridized carbons (Fsp3) is 0.291. The Morgan fingerprint density at radius 3 is 2.10 bits per heavy atom. The van der Waals surface area contributed by atoms with Crippen molar-refractivity contribution in [3.8, 4) is 47.4 Å². The molecular formula is C55H51Cl2N13O8S2. The first kappa shape index (κ1) is 56.4. The Morgan fingerprint density at radius 2 is 1.48 bits per heavy atom. The molecule has 2 saturated heterocycles. The molecule has 0 spiro atoms. The maximum Gasteiger partial charge on any atom is 0.316 e. The molecule has 5 aromatic heterocycles. The van der Waals surface area contributed by atoms with Crippen molar-refractivity contribution in [3.63, 3.8) is 0 Å². The predicted octanol–water partition coefficient (Wildman–Crippen LogP) is 5.21. The minimum atomic E-state index is -3.66. The number of nitriles is 2. The van der Waals surface area contributed by atoms with E-state index >= 15 is 0 Å². The second-order valence-corrected chi connectivity index (χ2v) is 23.5. The molecule has 4 aliphatic heterocycles. The molecule has 0 atom stereocenters. The number of fused-ring (bicyclic) bond motifs is 6. The highest BCUT2D eigenvalue weighted by atomic mass is 35.5. The monoisotopic (exact) mass is 1160 g/mol. The van der Waals surface area contributed by atoms with Crippen molar-refractivity contribution in [3.05, 3.63) is 168 Å². The number of hydrogen-bond donors (Lipinski definition) is 0. The van der Waals surface area contributed by atoms with E-state index in [1.165, 1.54) is 41.1 Å². The third kappa shape index (κ3) is 12.6. The average Bonchev–Trinajstić information content (AvgIpc) is 3.84. The van der Waals surface area contributed by atoms with Crippen LogP contribution in [0.2, 0.25) is 10.0 Å². The van der Waals surface area contributed by atoms with E-state index in [-0.39, 0.29) is 68.1 Å². The van der Waals surface area contributed by atoms with Gasteiger partial charge in [-0.2, -0.15) is 49.1 Å². The van der Waals surface area contributed by atoms with Crippen LogP contribution < -0.4 is 35.0 Å². The van der Waals surface area contributed by atoms with Crippen LogP contribution in [-0.2, 0) is 38.0 Å². The summed E-state index contributed by atoms with van der Waals surface area (Å²) in [6, 6.07) is 26.1. The van der Waals surface area contributed by atoms with Gasteiger partial charge in [-0.1, -0.05) is 35.3 Å². The fourth-order valence-electron chi connectivity index (χ4n) is 9.50. The number of hydrogen-bond acceptors (Lipinski definition) is 14. The second kappa shape index (κ2) is 24.8. The summed E-state index contributed by atoms with van der Waals surface area (Å²) in [6.45, 7) is 2.88. The number of terminal acetylenes is 1. The highest BCUT2D eigenvalue weighted by Crippen LogP contribution is 2.30. The number of ether oxygens (including phenoxy) is 2. The zero-order valence-electron chi connectivity index (χ0n) is 42.9. The number of piperazine rings is 2. The summed E-state index contributed by atoms with van der Waals surface area (Å²) in [4.78, 5) is 30.9. The van der Waals surface area contributed by atoms with Crippen molar-refractivity contribution in [2.45, 2.75) is 37.2 Å². The molecule has 4 aliphatic rings. The largest absolute Gasteiger partial charge is 0.757 e. The van der Waals surface area contributed by atoms with Gasteiger partial charge in [-0.15, -0.1) is 12.3 Å². The summed E-state index contributed by atoms with van der Waals surface area (Å²) in [5, 5.41) is 37.3. The Morgan fingerprint density at radius 1 is 0.838 bits per heavy atom. The van der Waals surface area contributed by atoms with Crippen molar-refractivity contribution in [2.75, 3.05) is 75.4 Å². The van der Waals surface area contributed by atoms with Crippen molar-refractivity contribution >= 4 is 71.7 Å². The van der Waals surface area contributed by atoms with Crippen LogP contribution >= 0.6 is 23.2 Å². The van der Waals surface area contributed by atoms with Crippen LogP contribution in [0.5, 0.6) is 11.5 Å². The number of halogens is 2. The van der Waals surface area contributed by atoms with Gasteiger partial charge >= 0.3 is 16.8 Å². The fourth-order valence-corrected chi connectivity index (χ4v) is 12.9. The van der Waals surface area contributed by atoms with Gasteiger partial charge in [0.25, 0.3) is 0 Å². The molecule has 0 aliphatic carbocycles. The number of pyridine rings is 2. The molecule has 0 N–H and O–H groups in total. The lowest BCUT2D eigenvalue weighted by Gasteiger charge is -2.35. The number of allylic oxidation sites excluding steroid dienone is 1. The molecule has 0 saturated carbocycles. The molecule has 4 bridgehead atoms. The summed E-state index contributed by atoms with van der Waals surface area (Å²) in [7, 11) is -7.23. The van der Waals surface area contributed by atoms with E-state index in [4.69, 9.17) is 49.8 Å². The van der Waals surface area contributed by atoms with Crippen LogP contribution in [0.4, 0.5) is 11.4 Å². The van der Waals surface area contributed by atoms with Crippen molar-refractivity contribution in [1.29, 1.82) is 10.5 Å². The van der Waals surface area contributed by atoms with Gasteiger partial charge in [0, 0.05) is 92.7 Å². The van der Waals surface area contributed by atoms with Crippen LogP contribution in [0.25, 0.3) is 28.0 Å². The van der Waals surface area contributed by atoms with E-state index in [1.807, 2.05) is 21.9 Å². The lowest BCUT2D eigenvalue weighted by Crippen LogP contribution is -2.49. The van der Waals surface area contributed by atoms with Crippen LogP contribution in [0.15, 0.2) is 119 Å². The van der Waals surface area contributed by atoms with Gasteiger partial charge in [-0.05, 0) is 90.6 Å². The highest BCUT2D eigenvalue weighted by molar-refractivity contribution is 7.88. The highest BCUT2D eigenvalue weighted by Gasteiger charge is 2.32. The minimum Gasteiger partial charge on any atom is -0.757 e. The van der Waals surface area contributed by atoms with E-state index in [0.717, 1.165) is 11.1 Å². The van der Waals surface area contributed by atoms with Gasteiger partial charge < -0.3 is 29.1 Å². The minimum absolute atomic E-state index is 0.108. The first-order valence-electron chi connectivity index (χ1n) is 25.2. The molecule has 80 heavy (non-hydrogen) atoms. The normalized spacial score (nSPS) is 15.5. The first-order chi connectivity index (χ1) is 38.6. The molecule has 2 aromatic carbocycles. The second-order valence-electron chi connectivity index (χ2n) is 18.6. The van der Waals surface area contributed by atoms with Gasteiger partial charge in [0.05, 0.1) is 48.5 Å². The molecule has 0 radical (unpaired) electrons. The number of anilines is 2. The first-order valence-corrected chi connectivity index (χ1v) is 29.2. The van der Waals surface area contributed by atoms with Crippen LogP contribution in [0.3, 0.4) is 0 Å². The standard InChI is InChI=1S/C28H26ClN7O4S.C27H25ClN6O4S/c1-2-3-4-16-40-27-26(20-32-36(28(27)37)24-7-5-6-23(29)17-24)34-12-14-35(15-13-34)41(38,39)21-22-8-10-33(11-9-22)25(18-30)19-31;28-21-4-1-5-22(15-21)34-27(35)26-25(17-30-34)31-8-10-32(11-9-31)39(36,37)18-19-6-7-33-23(16-29)14-20(24(33)13-19)3-2-12-38-26/h1,5-11,17,20H,3-4,12-16,21H2;1,4-7,13-15,17H,2-3,8-12,18H2. The number of sulfonamides is 2. The van der Waals surface area contributed by atoms with Crippen molar-refractivity contribution in [1.82, 2.24) is 32.6 Å². The van der Waals surface area contributed by atoms with Crippen LogP contribution in [0, 0.1) is 35.0 Å². The van der Waals surface area contributed by atoms with Gasteiger partial charge in [0.15, 0.2) is 18.5 Å². The number of nitrogens with zero attached hydrogens (tertiary/aromatic N) is 13. The predicted molar refractivity (Wildman–Crippen MR) is 302 cm³/mol. The average molecular weight is 1160 g/mol. The Labute approximate surface area is 471 Å². The Hall–Kier alpha value is -8.30. The lowest BCUT2D eigenvalue weighted by molar-refractivity contribution is -0.576. The van der Waals surface area contributed by atoms with E-state index in [9.17, 15) is 31.7 Å². The third-order valence-corrected chi connectivity index (χ3v) is 17.7. The number of aromatic nitrogens is 6. The molecular weight excluding hydrogens is 1110 g/mol. The molecule has 21 nitrogen and oxygen atoms in total. The zero-order valence-corrected chi connectivity index (χ0v) is 46.1. The topological polar surface area (TPSA) is 248 Å². The zero-order chi connectivity index (χ0) is 56.6. The van der Waals surface area contributed by atoms with E-state index in [0.29, 0.717) is 101 Å². The van der Waals surface area contributed by atoms with Crippen LogP contribution in [0.1, 0.15) is 41.6 Å². The molecule has 7 aromatic rings. The van der Waals surface area contributed by atoms with Gasteiger partial charge in [0.1, 0.15) is 23.1 Å². The Balaban J connectivity index is 0.000000194. The van der Waals surface area contributed by atoms with E-state index in [2.05, 4.69) is 22.2 Å². The summed E-state index contributed by atoms with van der Waals surface area (Å²) in [5.74, 6) is 4.24. The summed E-state index contributed by atoms with van der Waals surface area (Å²) in [5.41, 5.74) is 4.39. The SMILES string of the molecule is C#CCCCOc1c(N2CCN(S(=O)(=O)Cc3cc[n+](C(=C=[N-])C#N)cc3)CC2)cnn(-c2cccc(Cl)c2)c1=O.N#Cc1cc2c3cc(ccn13)CS(=O)(=O)N1CCN(CC1)c1cnn(-c3cccc(Cl)c3)c(=O)c1OCCC2. The van der Waals surface area contributed by atoms with Crippen molar-refractivity contribution in [2.24, 2.45) is 0 Å². The molecule has 410 valence electrons. The number of unbranched alkanes of at least 4 members (excludes halogenated alkanes) is 1. The Bertz CT molecular complexity index is 4020. The van der Waals surface area contributed by atoms with Crippen molar-refractivity contribution < 1.29 is 30.9 Å². The summed E-state index contributed by atoms with van der Waals surface area (Å²) in [6.07, 6.45) is 15.4. The summed E-state index contributed by atoms with van der Waals surface area (Å²) >= 11 is 12.3. The number of benzene rings is 2. The quantitative estimate of drug-likeness (QED) is 0.0531. The smallest absolute Gasteiger partial charge is 0.316 e. The third-order valence-electron chi connectivity index (χ3n) is 13.5. The maximum absolute atomic E-state index is 13.6. The Kier molecular flexibility index (Phi) is 17.5. The molecule has 9 heterocycles. The van der Waals surface area contributed by atoms with Crippen LogP contribution in [-0.4, -0.2) is 121 Å².